The number of carboxylic acid groups (broad SMARTS) is 1. The van der Waals surface area contributed by atoms with Crippen LogP contribution in [0.25, 0.3) is 0 Å². The number of benzene rings is 1. The van der Waals surface area contributed by atoms with Crippen molar-refractivity contribution < 1.29 is 31.7 Å². The number of ether oxygens (including phenoxy) is 1. The van der Waals surface area contributed by atoms with E-state index in [9.17, 15) is 9.90 Å². The van der Waals surface area contributed by atoms with Crippen molar-refractivity contribution in [2.24, 2.45) is 0 Å². The molecule has 1 aromatic rings. The Morgan fingerprint density at radius 1 is 1.33 bits per heavy atom. The molecule has 0 bridgehead atoms. The molecule has 68 valence electrons. The first-order chi connectivity index (χ1) is 5.24. The molecular weight excluding hydrogens is 208 g/mol. The van der Waals surface area contributed by atoms with Gasteiger partial charge >= 0.3 is 17.1 Å². The van der Waals surface area contributed by atoms with E-state index in [4.69, 9.17) is 4.74 Å². The summed E-state index contributed by atoms with van der Waals surface area (Å²) in [6, 6.07) is 6.03. The first kappa shape index (κ1) is 11.0. The third-order valence-electron chi connectivity index (χ3n) is 1.33. The van der Waals surface area contributed by atoms with Crippen molar-refractivity contribution in [1.82, 2.24) is 0 Å². The van der Waals surface area contributed by atoms with Gasteiger partial charge < -0.3 is 14.6 Å². The number of carbonyl (C=O) groups is 1. The number of aromatic carboxylic acids is 1. The Balaban J connectivity index is 0.00000121. The van der Waals surface area contributed by atoms with Crippen LogP contribution in [0.2, 0.25) is 0 Å². The fourth-order valence-electron chi connectivity index (χ4n) is 0.727. The molecule has 0 aliphatic carbocycles. The molecule has 12 heavy (non-hydrogen) atoms. The number of rotatable bonds is 2. The topological polar surface area (TPSA) is 49.4 Å². The van der Waals surface area contributed by atoms with Crippen LogP contribution >= 0.6 is 0 Å². The van der Waals surface area contributed by atoms with Gasteiger partial charge in [-0.15, -0.1) is 0 Å². The molecule has 0 saturated carbocycles. The molecule has 4 heteroatoms. The van der Waals surface area contributed by atoms with Crippen LogP contribution in [-0.2, 0) is 17.1 Å². The van der Waals surface area contributed by atoms with Gasteiger partial charge in [0.05, 0.1) is 13.1 Å². The van der Waals surface area contributed by atoms with Gasteiger partial charge in [-0.25, -0.2) is 0 Å². The van der Waals surface area contributed by atoms with Crippen LogP contribution in [0.3, 0.4) is 0 Å². The molecule has 0 aromatic heterocycles. The van der Waals surface area contributed by atoms with Crippen LogP contribution in [-0.4, -0.2) is 13.1 Å². The molecule has 0 radical (unpaired) electrons. The molecule has 0 aliphatic rings. The maximum atomic E-state index is 10.2. The first-order valence-corrected chi connectivity index (χ1v) is 3.09. The van der Waals surface area contributed by atoms with Crippen molar-refractivity contribution in [2.75, 3.05) is 7.11 Å². The maximum absolute atomic E-state index is 10.2. The van der Waals surface area contributed by atoms with E-state index in [1.54, 1.807) is 12.1 Å². The Hall–Kier alpha value is -0.991. The van der Waals surface area contributed by atoms with Gasteiger partial charge in [-0.1, -0.05) is 0 Å². The minimum absolute atomic E-state index is 0. The second-order valence-electron chi connectivity index (χ2n) is 2.02. The molecule has 3 nitrogen and oxygen atoms in total. The summed E-state index contributed by atoms with van der Waals surface area (Å²) in [5.41, 5.74) is 0.158. The number of carbonyl (C=O) groups excluding carboxylic acids is 1. The average molecular weight is 215 g/mol. The van der Waals surface area contributed by atoms with Crippen molar-refractivity contribution in [3.63, 3.8) is 0 Å². The summed E-state index contributed by atoms with van der Waals surface area (Å²) >= 11 is 0. The maximum Gasteiger partial charge on any atom is 1.00 e. The molecule has 1 aromatic carbocycles. The fraction of sp³-hybridized carbons (Fsp3) is 0.125. The van der Waals surface area contributed by atoms with Crippen molar-refractivity contribution in [3.8, 4) is 5.75 Å². The van der Waals surface area contributed by atoms with Crippen LogP contribution in [0.5, 0.6) is 5.75 Å². The van der Waals surface area contributed by atoms with Crippen LogP contribution in [0.1, 0.15) is 10.4 Å². The quantitative estimate of drug-likeness (QED) is 0.654. The Morgan fingerprint density at radius 2 is 1.83 bits per heavy atom. The summed E-state index contributed by atoms with van der Waals surface area (Å²) in [5.74, 6) is -0.539. The molecule has 0 heterocycles. The van der Waals surface area contributed by atoms with Gasteiger partial charge in [-0.2, -0.15) is 0 Å². The van der Waals surface area contributed by atoms with Crippen molar-refractivity contribution in [2.45, 2.75) is 0 Å². The molecule has 1 rings (SSSR count). The predicted molar refractivity (Wildman–Crippen MR) is 37.3 cm³/mol. The second-order valence-corrected chi connectivity index (χ2v) is 2.02. The fourth-order valence-corrected chi connectivity index (χ4v) is 0.727. The third-order valence-corrected chi connectivity index (χ3v) is 1.33. The second kappa shape index (κ2) is 4.80. The van der Waals surface area contributed by atoms with Crippen LogP contribution < -0.4 is 9.84 Å². The Kier molecular flexibility index (Phi) is 4.40. The third kappa shape index (κ3) is 2.57. The number of hydrogen-bond acceptors (Lipinski definition) is 3. The number of carboxylic acids is 1. The van der Waals surface area contributed by atoms with E-state index in [1.165, 1.54) is 19.2 Å². The van der Waals surface area contributed by atoms with Crippen LogP contribution in [0, 0.1) is 0 Å². The van der Waals surface area contributed by atoms with Gasteiger partial charge in [0.1, 0.15) is 5.75 Å². The van der Waals surface area contributed by atoms with E-state index in [0.717, 1.165) is 0 Å². The molecule has 0 fully saturated rings. The molecule has 0 saturated heterocycles. The van der Waals surface area contributed by atoms with Gasteiger partial charge in [0.25, 0.3) is 0 Å². The van der Waals surface area contributed by atoms with E-state index in [2.05, 4.69) is 0 Å². The SMILES string of the molecule is COc1ccc(C(=O)[O-])cc1.[Cu+]. The van der Waals surface area contributed by atoms with Gasteiger partial charge in [0.2, 0.25) is 0 Å². The summed E-state index contributed by atoms with van der Waals surface area (Å²) in [6.07, 6.45) is 0. The molecule has 0 spiro atoms. The zero-order valence-electron chi connectivity index (χ0n) is 6.34. The minimum atomic E-state index is -1.17. The molecule has 0 amide bonds. The number of methoxy groups -OCH3 is 1. The van der Waals surface area contributed by atoms with Crippen molar-refractivity contribution in [1.29, 1.82) is 0 Å². The van der Waals surface area contributed by atoms with Crippen molar-refractivity contribution in [3.05, 3.63) is 29.8 Å². The van der Waals surface area contributed by atoms with E-state index >= 15 is 0 Å². The zero-order valence-corrected chi connectivity index (χ0v) is 7.28. The molecule has 0 atom stereocenters. The molecule has 0 N–H and O–H groups in total. The zero-order chi connectivity index (χ0) is 8.27. The first-order valence-electron chi connectivity index (χ1n) is 3.09. The minimum Gasteiger partial charge on any atom is -0.545 e. The standard InChI is InChI=1S/C8H8O3.Cu/c1-11-7-4-2-6(3-5-7)8(9)10;/h2-5H,1H3,(H,9,10);/q;+1/p-1. The van der Waals surface area contributed by atoms with Crippen LogP contribution in [0.4, 0.5) is 0 Å². The largest absolute Gasteiger partial charge is 1.00 e. The van der Waals surface area contributed by atoms with E-state index in [1.807, 2.05) is 0 Å². The average Bonchev–Trinajstić information content (AvgIpc) is 2.05. The summed E-state index contributed by atoms with van der Waals surface area (Å²) in [6.45, 7) is 0. The Bertz CT molecular complexity index is 256. The molecule has 0 aliphatic heterocycles. The summed E-state index contributed by atoms with van der Waals surface area (Å²) in [4.78, 5) is 10.2. The Morgan fingerprint density at radius 3 is 2.17 bits per heavy atom. The summed E-state index contributed by atoms with van der Waals surface area (Å²) in [7, 11) is 1.52. The van der Waals surface area contributed by atoms with Gasteiger partial charge in [0.15, 0.2) is 0 Å². The van der Waals surface area contributed by atoms with Gasteiger partial charge in [0, 0.05) is 0 Å². The van der Waals surface area contributed by atoms with Gasteiger partial charge in [-0.3, -0.25) is 0 Å². The van der Waals surface area contributed by atoms with Gasteiger partial charge in [-0.05, 0) is 29.8 Å². The smallest absolute Gasteiger partial charge is 0.545 e. The molecule has 0 unspecified atom stereocenters. The molecular formula is C8H7CuO3. The van der Waals surface area contributed by atoms with E-state index in [-0.39, 0.29) is 22.6 Å². The van der Waals surface area contributed by atoms with Crippen molar-refractivity contribution >= 4 is 5.97 Å². The monoisotopic (exact) mass is 214 g/mol. The summed E-state index contributed by atoms with van der Waals surface area (Å²) in [5, 5.41) is 10.2. The predicted octanol–water partition coefficient (Wildman–Crippen LogP) is 0.0562. The number of hydrogen-bond donors (Lipinski definition) is 0. The summed E-state index contributed by atoms with van der Waals surface area (Å²) < 4.78 is 4.84. The van der Waals surface area contributed by atoms with E-state index < -0.39 is 5.97 Å². The van der Waals surface area contributed by atoms with E-state index in [0.29, 0.717) is 5.75 Å². The van der Waals surface area contributed by atoms with Crippen LogP contribution in [0.15, 0.2) is 24.3 Å². The normalized spacial score (nSPS) is 8.42. The Labute approximate surface area is 80.8 Å².